The topological polar surface area (TPSA) is 52.3 Å². The van der Waals surface area contributed by atoms with Crippen LogP contribution in [-0.4, -0.2) is 44.8 Å². The summed E-state index contributed by atoms with van der Waals surface area (Å²) in [6, 6.07) is 8.93. The van der Waals surface area contributed by atoms with Crippen molar-refractivity contribution < 1.29 is 4.74 Å². The largest absolute Gasteiger partial charge is 0.474 e. The van der Waals surface area contributed by atoms with Crippen LogP contribution < -0.4 is 10.4 Å². The van der Waals surface area contributed by atoms with Crippen molar-refractivity contribution in [3.05, 3.63) is 75.0 Å². The highest BCUT2D eigenvalue weighted by Crippen LogP contribution is 2.31. The number of hydrogen-bond donors (Lipinski definition) is 0. The number of ether oxygens (including phenoxy) is 1. The van der Waals surface area contributed by atoms with Gasteiger partial charge < -0.3 is 9.64 Å². The molecule has 0 bridgehead atoms. The van der Waals surface area contributed by atoms with Gasteiger partial charge in [0.2, 0.25) is 5.88 Å². The molecule has 0 radical (unpaired) electrons. The Labute approximate surface area is 197 Å². The zero-order valence-electron chi connectivity index (χ0n) is 17.8. The molecule has 0 spiro atoms. The summed E-state index contributed by atoms with van der Waals surface area (Å²) >= 11 is 12.2. The molecule has 5 rings (SSSR count). The lowest BCUT2D eigenvalue weighted by Gasteiger charge is -2.31. The van der Waals surface area contributed by atoms with E-state index in [1.54, 1.807) is 41.4 Å². The molecule has 8 heteroatoms. The van der Waals surface area contributed by atoms with Crippen molar-refractivity contribution in [2.45, 2.75) is 38.3 Å². The molecule has 1 saturated carbocycles. The van der Waals surface area contributed by atoms with Gasteiger partial charge in [0.15, 0.2) is 0 Å². The third-order valence-corrected chi connectivity index (χ3v) is 6.74. The predicted molar refractivity (Wildman–Crippen MR) is 126 cm³/mol. The number of imidazole rings is 1. The van der Waals surface area contributed by atoms with E-state index in [9.17, 15) is 4.79 Å². The van der Waals surface area contributed by atoms with Crippen molar-refractivity contribution in [3.63, 3.8) is 0 Å². The Kier molecular flexibility index (Phi) is 6.26. The van der Waals surface area contributed by atoms with Gasteiger partial charge in [-0.2, -0.15) is 0 Å². The summed E-state index contributed by atoms with van der Waals surface area (Å²) in [6.07, 6.45) is 10.3. The number of benzene rings is 1. The molecule has 0 amide bonds. The fourth-order valence-electron chi connectivity index (χ4n) is 4.21. The Bertz CT molecular complexity index is 1130. The molecule has 3 heterocycles. The third-order valence-electron chi connectivity index (χ3n) is 6.20. The van der Waals surface area contributed by atoms with Gasteiger partial charge in [-0.25, -0.2) is 9.78 Å². The van der Waals surface area contributed by atoms with Crippen molar-refractivity contribution in [2.75, 3.05) is 19.6 Å². The van der Waals surface area contributed by atoms with Crippen molar-refractivity contribution in [2.24, 2.45) is 5.92 Å². The maximum Gasteiger partial charge on any atom is 0.333 e. The van der Waals surface area contributed by atoms with Gasteiger partial charge in [-0.3, -0.25) is 9.13 Å². The Morgan fingerprint density at radius 3 is 2.53 bits per heavy atom. The van der Waals surface area contributed by atoms with E-state index in [1.807, 2.05) is 12.1 Å². The van der Waals surface area contributed by atoms with Gasteiger partial charge in [0.05, 0.1) is 17.3 Å². The van der Waals surface area contributed by atoms with Crippen molar-refractivity contribution >= 4 is 23.2 Å². The second-order valence-corrected chi connectivity index (χ2v) is 9.58. The summed E-state index contributed by atoms with van der Waals surface area (Å²) in [6.45, 7) is 3.89. The van der Waals surface area contributed by atoms with Crippen LogP contribution in [0.25, 0.3) is 5.69 Å². The summed E-state index contributed by atoms with van der Waals surface area (Å²) in [5, 5.41) is 0.960. The van der Waals surface area contributed by atoms with Gasteiger partial charge in [-0.1, -0.05) is 29.3 Å². The number of halogens is 2. The first-order valence-corrected chi connectivity index (χ1v) is 11.9. The molecule has 0 atom stereocenters. The smallest absolute Gasteiger partial charge is 0.333 e. The molecule has 1 aliphatic heterocycles. The van der Waals surface area contributed by atoms with E-state index in [2.05, 4.69) is 9.88 Å². The van der Waals surface area contributed by atoms with Crippen LogP contribution in [0.1, 0.15) is 31.2 Å². The maximum atomic E-state index is 12.8. The van der Waals surface area contributed by atoms with E-state index in [4.69, 9.17) is 27.9 Å². The molecule has 1 aromatic carbocycles. The van der Waals surface area contributed by atoms with Crippen LogP contribution in [-0.2, 0) is 6.54 Å². The second-order valence-electron chi connectivity index (χ2n) is 8.74. The summed E-state index contributed by atoms with van der Waals surface area (Å²) < 4.78 is 9.24. The van der Waals surface area contributed by atoms with Crippen LogP contribution in [0.3, 0.4) is 0 Å². The predicted octanol–water partition coefficient (Wildman–Crippen LogP) is 4.64. The van der Waals surface area contributed by atoms with Gasteiger partial charge in [-0.15, -0.1) is 0 Å². The van der Waals surface area contributed by atoms with Crippen molar-refractivity contribution in [1.29, 1.82) is 0 Å². The maximum absolute atomic E-state index is 12.8. The van der Waals surface area contributed by atoms with Crippen molar-refractivity contribution in [3.8, 4) is 11.6 Å². The number of hydrogen-bond acceptors (Lipinski definition) is 4. The van der Waals surface area contributed by atoms with Gasteiger partial charge in [0.25, 0.3) is 0 Å². The van der Waals surface area contributed by atoms with Crippen LogP contribution in [0.15, 0.2) is 53.7 Å². The van der Waals surface area contributed by atoms with Crippen molar-refractivity contribution in [1.82, 2.24) is 19.0 Å². The molecular formula is C24H26Cl2N4O2. The highest BCUT2D eigenvalue weighted by molar-refractivity contribution is 6.35. The lowest BCUT2D eigenvalue weighted by atomic mass is 10.1. The van der Waals surface area contributed by atoms with E-state index in [1.165, 1.54) is 24.0 Å². The van der Waals surface area contributed by atoms with Crippen LogP contribution in [0.5, 0.6) is 5.88 Å². The Morgan fingerprint density at radius 1 is 1.03 bits per heavy atom. The third kappa shape index (κ3) is 5.03. The lowest BCUT2D eigenvalue weighted by Crippen LogP contribution is -2.39. The Hall–Kier alpha value is -2.28. The van der Waals surface area contributed by atoms with Gasteiger partial charge in [0, 0.05) is 49.3 Å². The van der Waals surface area contributed by atoms with Crippen LogP contribution in [0.2, 0.25) is 10.0 Å². The monoisotopic (exact) mass is 472 g/mol. The average Bonchev–Trinajstić information content (AvgIpc) is 3.54. The minimum Gasteiger partial charge on any atom is -0.474 e. The molecule has 0 unspecified atom stereocenters. The average molecular weight is 473 g/mol. The Balaban J connectivity index is 1.19. The number of aromatic nitrogens is 3. The lowest BCUT2D eigenvalue weighted by molar-refractivity contribution is 0.0944. The number of pyridine rings is 1. The standard InChI is InChI=1S/C24H26Cl2N4O2/c25-19-4-5-22(21(26)13-19)30-12-11-29(24(30)31)16-18-3-6-23(27-14-18)32-20-7-9-28(10-8-20)15-17-1-2-17/h3-6,11-14,17,20H,1-2,7-10,15-16H2. The van der Waals surface area contributed by atoms with Gasteiger partial charge in [0.1, 0.15) is 6.10 Å². The minimum absolute atomic E-state index is 0.174. The molecule has 1 saturated heterocycles. The van der Waals surface area contributed by atoms with Crippen LogP contribution in [0.4, 0.5) is 0 Å². The molecule has 1 aliphatic carbocycles. The zero-order chi connectivity index (χ0) is 22.1. The van der Waals surface area contributed by atoms with Gasteiger partial charge >= 0.3 is 5.69 Å². The van der Waals surface area contributed by atoms with E-state index in [0.717, 1.165) is 37.4 Å². The minimum atomic E-state index is -0.174. The molecule has 0 N–H and O–H groups in total. The highest BCUT2D eigenvalue weighted by Gasteiger charge is 2.27. The van der Waals surface area contributed by atoms with E-state index >= 15 is 0 Å². The van der Waals surface area contributed by atoms with Gasteiger partial charge in [-0.05, 0) is 55.4 Å². The molecule has 32 heavy (non-hydrogen) atoms. The molecule has 2 fully saturated rings. The van der Waals surface area contributed by atoms with Crippen LogP contribution >= 0.6 is 23.2 Å². The summed E-state index contributed by atoms with van der Waals surface area (Å²) in [4.78, 5) is 19.9. The van der Waals surface area contributed by atoms with Crippen LogP contribution in [0, 0.1) is 5.92 Å². The first-order chi connectivity index (χ1) is 15.5. The van der Waals surface area contributed by atoms with E-state index in [0.29, 0.717) is 28.2 Å². The SMILES string of the molecule is O=c1n(Cc2ccc(OC3CCN(CC4CC4)CC3)nc2)ccn1-c1ccc(Cl)cc1Cl. The quantitative estimate of drug-likeness (QED) is 0.502. The molecule has 2 aromatic heterocycles. The Morgan fingerprint density at radius 2 is 1.84 bits per heavy atom. The molecule has 3 aromatic rings. The number of likely N-dealkylation sites (tertiary alicyclic amines) is 1. The normalized spacial score (nSPS) is 17.6. The first kappa shape index (κ1) is 21.6. The summed E-state index contributed by atoms with van der Waals surface area (Å²) in [7, 11) is 0. The van der Waals surface area contributed by atoms with E-state index in [-0.39, 0.29) is 11.8 Å². The number of nitrogens with zero attached hydrogens (tertiary/aromatic N) is 4. The molecule has 2 aliphatic rings. The highest BCUT2D eigenvalue weighted by atomic mass is 35.5. The molecular weight excluding hydrogens is 447 g/mol. The number of rotatable bonds is 7. The first-order valence-electron chi connectivity index (χ1n) is 11.1. The van der Waals surface area contributed by atoms with E-state index < -0.39 is 0 Å². The fraction of sp³-hybridized carbons (Fsp3) is 0.417. The second kappa shape index (κ2) is 9.30. The molecule has 6 nitrogen and oxygen atoms in total. The number of piperidine rings is 1. The summed E-state index contributed by atoms with van der Waals surface area (Å²) in [5.41, 5.74) is 1.36. The zero-order valence-corrected chi connectivity index (χ0v) is 19.3. The summed E-state index contributed by atoms with van der Waals surface area (Å²) in [5.74, 6) is 1.58. The fourth-order valence-corrected chi connectivity index (χ4v) is 4.71. The molecule has 168 valence electrons.